The molecule has 13 heteroatoms. The summed E-state index contributed by atoms with van der Waals surface area (Å²) in [5, 5.41) is 15.7. The second-order valence-electron chi connectivity index (χ2n) is 16.4. The van der Waals surface area contributed by atoms with Crippen molar-refractivity contribution in [2.75, 3.05) is 36.5 Å². The van der Waals surface area contributed by atoms with Crippen molar-refractivity contribution in [2.24, 2.45) is 5.92 Å². The number of ether oxygens (including phenoxy) is 2. The van der Waals surface area contributed by atoms with Crippen molar-refractivity contribution in [1.29, 1.82) is 0 Å². The first-order chi connectivity index (χ1) is 29.5. The van der Waals surface area contributed by atoms with Crippen LogP contribution in [0.5, 0.6) is 0 Å². The molecule has 61 heavy (non-hydrogen) atoms. The van der Waals surface area contributed by atoms with Crippen LogP contribution in [0.15, 0.2) is 138 Å². The van der Waals surface area contributed by atoms with E-state index in [9.17, 15) is 23.1 Å². The molecule has 5 aromatic carbocycles. The highest BCUT2D eigenvalue weighted by atomic mass is 32.2. The predicted molar refractivity (Wildman–Crippen MR) is 234 cm³/mol. The number of aliphatic hydroxyl groups is 1. The zero-order valence-corrected chi connectivity index (χ0v) is 35.3. The van der Waals surface area contributed by atoms with E-state index in [1.807, 2.05) is 91.9 Å². The Kier molecular flexibility index (Phi) is 12.7. The Morgan fingerprint density at radius 2 is 1.48 bits per heavy atom. The highest BCUT2D eigenvalue weighted by molar-refractivity contribution is 7.89. The second-order valence-corrected chi connectivity index (χ2v) is 18.1. The number of nitrogens with one attached hydrogen (secondary N) is 3. The number of sulfonamides is 1. The topological polar surface area (TPSA) is 150 Å². The summed E-state index contributed by atoms with van der Waals surface area (Å²) in [5.41, 5.74) is 5.20. The minimum Gasteiger partial charge on any atom is -0.392 e. The maximum Gasteiger partial charge on any atom is 0.247 e. The third-order valence-corrected chi connectivity index (χ3v) is 13.8. The van der Waals surface area contributed by atoms with Gasteiger partial charge in [-0.2, -0.15) is 4.72 Å². The lowest BCUT2D eigenvalue weighted by Gasteiger charge is -2.46. The Balaban J connectivity index is 0.982. The van der Waals surface area contributed by atoms with Crippen molar-refractivity contribution in [3.63, 3.8) is 0 Å². The van der Waals surface area contributed by atoms with Gasteiger partial charge in [0, 0.05) is 42.5 Å². The maximum atomic E-state index is 13.8. The molecule has 5 aromatic rings. The molecule has 3 aliphatic rings. The molecule has 0 radical (unpaired) electrons. The van der Waals surface area contributed by atoms with Crippen LogP contribution in [0, 0.1) is 12.8 Å². The molecule has 318 valence electrons. The van der Waals surface area contributed by atoms with Crippen molar-refractivity contribution in [2.45, 2.75) is 74.7 Å². The van der Waals surface area contributed by atoms with E-state index >= 15 is 0 Å². The highest BCUT2D eigenvalue weighted by Gasteiger charge is 2.51. The van der Waals surface area contributed by atoms with E-state index in [1.165, 1.54) is 12.1 Å². The fourth-order valence-corrected chi connectivity index (χ4v) is 9.88. The number of para-hydroxylation sites is 1. The average Bonchev–Trinajstić information content (AvgIpc) is 3.59. The van der Waals surface area contributed by atoms with Gasteiger partial charge in [0.1, 0.15) is 11.6 Å². The van der Waals surface area contributed by atoms with Gasteiger partial charge in [-0.05, 0) is 79.3 Å². The van der Waals surface area contributed by atoms with Crippen molar-refractivity contribution in [3.05, 3.63) is 161 Å². The van der Waals surface area contributed by atoms with Crippen LogP contribution in [0.25, 0.3) is 0 Å². The summed E-state index contributed by atoms with van der Waals surface area (Å²) >= 11 is 0. The van der Waals surface area contributed by atoms with Crippen molar-refractivity contribution < 1.29 is 32.6 Å². The van der Waals surface area contributed by atoms with Gasteiger partial charge in [-0.1, -0.05) is 110 Å². The highest BCUT2D eigenvalue weighted by Crippen LogP contribution is 2.43. The first-order valence-corrected chi connectivity index (χ1v) is 22.4. The van der Waals surface area contributed by atoms with Gasteiger partial charge in [-0.15, -0.1) is 0 Å². The number of hydrogen-bond acceptors (Lipinski definition) is 9. The zero-order valence-electron chi connectivity index (χ0n) is 34.4. The normalized spacial score (nSPS) is 22.1. The van der Waals surface area contributed by atoms with E-state index in [-0.39, 0.29) is 42.0 Å². The van der Waals surface area contributed by atoms with Gasteiger partial charge in [0.25, 0.3) is 0 Å². The van der Waals surface area contributed by atoms with Crippen molar-refractivity contribution >= 4 is 33.2 Å². The summed E-state index contributed by atoms with van der Waals surface area (Å²) in [4.78, 5) is 31.9. The summed E-state index contributed by atoms with van der Waals surface area (Å²) in [6.45, 7) is 6.55. The van der Waals surface area contributed by atoms with Crippen LogP contribution < -0.4 is 20.3 Å². The van der Waals surface area contributed by atoms with Crippen molar-refractivity contribution in [1.82, 2.24) is 14.9 Å². The molecule has 0 saturated carbocycles. The molecule has 3 saturated heterocycles. The molecule has 0 aliphatic carbocycles. The lowest BCUT2D eigenvalue weighted by Crippen LogP contribution is -2.57. The standard InChI is InChI=1S/C48H53N5O7S/c1-33-13-23-41(24-14-33)61(57,58)51-42(29-35-9-5-3-6-10-35)45(55)50-39-21-19-38(20-22-39)46-59-43(34(2)44(60-46)37-17-15-36(31-54)16-18-37)30-52-27-25-48(26-28-52)47(56)49-32-53(48)40-11-7-4-8-12-40/h3-24,34,42-44,46,51,54H,25-32H2,1-2H3,(H,49,56)(H,50,55)/t34-,42+,43+,44+,46+/m0/s1. The van der Waals surface area contributed by atoms with Gasteiger partial charge in [-0.25, -0.2) is 8.42 Å². The largest absolute Gasteiger partial charge is 0.392 e. The maximum absolute atomic E-state index is 13.8. The van der Waals surface area contributed by atoms with Crippen LogP contribution in [0.4, 0.5) is 11.4 Å². The molecule has 12 nitrogen and oxygen atoms in total. The lowest BCUT2D eigenvalue weighted by atomic mass is 9.84. The third kappa shape index (κ3) is 9.42. The molecular formula is C48H53N5O7S. The Morgan fingerprint density at radius 1 is 0.836 bits per heavy atom. The molecule has 1 spiro atoms. The van der Waals surface area contributed by atoms with Gasteiger partial charge in [0.2, 0.25) is 21.8 Å². The molecule has 3 fully saturated rings. The number of carbonyl (C=O) groups excluding carboxylic acids is 2. The number of aliphatic hydroxyl groups excluding tert-OH is 1. The summed E-state index contributed by atoms with van der Waals surface area (Å²) in [6.07, 6.45) is 0.252. The monoisotopic (exact) mass is 843 g/mol. The molecule has 3 aliphatic heterocycles. The number of likely N-dealkylation sites (tertiary alicyclic amines) is 1. The van der Waals surface area contributed by atoms with Crippen LogP contribution in [-0.2, 0) is 42.1 Å². The van der Waals surface area contributed by atoms with Crippen LogP contribution in [0.2, 0.25) is 0 Å². The van der Waals surface area contributed by atoms with Gasteiger partial charge in [-0.3, -0.25) is 9.59 Å². The Hall–Kier alpha value is -5.41. The number of benzene rings is 5. The molecule has 0 unspecified atom stereocenters. The van der Waals surface area contributed by atoms with E-state index in [0.717, 1.165) is 46.6 Å². The minimum atomic E-state index is -4.01. The van der Waals surface area contributed by atoms with E-state index in [2.05, 4.69) is 44.2 Å². The number of carbonyl (C=O) groups is 2. The number of piperidine rings is 1. The molecular weight excluding hydrogens is 791 g/mol. The van der Waals surface area contributed by atoms with Crippen LogP contribution in [-0.4, -0.2) is 74.2 Å². The smallest absolute Gasteiger partial charge is 0.247 e. The summed E-state index contributed by atoms with van der Waals surface area (Å²) in [7, 11) is -4.01. The molecule has 4 N–H and O–H groups in total. The number of amides is 2. The van der Waals surface area contributed by atoms with Gasteiger partial charge in [0.15, 0.2) is 6.29 Å². The van der Waals surface area contributed by atoms with Crippen LogP contribution in [0.3, 0.4) is 0 Å². The molecule has 5 atom stereocenters. The molecule has 8 rings (SSSR count). The van der Waals surface area contributed by atoms with Crippen LogP contribution >= 0.6 is 0 Å². The van der Waals surface area contributed by atoms with E-state index in [0.29, 0.717) is 31.7 Å². The fourth-order valence-electron chi connectivity index (χ4n) is 8.68. The number of aryl methyl sites for hydroxylation is 1. The first-order valence-electron chi connectivity index (χ1n) is 20.9. The summed E-state index contributed by atoms with van der Waals surface area (Å²) in [5.74, 6) is -0.456. The average molecular weight is 844 g/mol. The van der Waals surface area contributed by atoms with E-state index < -0.39 is 33.8 Å². The molecule has 3 heterocycles. The first kappa shape index (κ1) is 42.3. The van der Waals surface area contributed by atoms with E-state index in [4.69, 9.17) is 9.47 Å². The van der Waals surface area contributed by atoms with Crippen molar-refractivity contribution in [3.8, 4) is 0 Å². The molecule has 2 amide bonds. The Morgan fingerprint density at radius 3 is 2.13 bits per heavy atom. The summed E-state index contributed by atoms with van der Waals surface area (Å²) < 4.78 is 43.0. The molecule has 0 aromatic heterocycles. The van der Waals surface area contributed by atoms with Gasteiger partial charge >= 0.3 is 0 Å². The summed E-state index contributed by atoms with van der Waals surface area (Å²) in [6, 6.07) is 39.8. The number of nitrogens with zero attached hydrogens (tertiary/aromatic N) is 2. The fraction of sp³-hybridized carbons (Fsp3) is 0.333. The lowest BCUT2D eigenvalue weighted by molar-refractivity contribution is -0.276. The Labute approximate surface area is 357 Å². The minimum absolute atomic E-state index is 0.0356. The second kappa shape index (κ2) is 18.3. The third-order valence-electron chi connectivity index (χ3n) is 12.3. The zero-order chi connectivity index (χ0) is 42.6. The van der Waals surface area contributed by atoms with Gasteiger partial charge < -0.3 is 35.0 Å². The SMILES string of the molecule is Cc1ccc(S(=O)(=O)N[C@H](Cc2ccccc2)C(=O)Nc2ccc([C@@H]3O[C@H](CN4CCC5(CC4)C(=O)NCN5c4ccccc4)[C@H](C)[C@H](c4ccc(CO)cc4)O3)cc2)cc1. The quantitative estimate of drug-likeness (QED) is 0.108. The number of anilines is 2. The molecule has 0 bridgehead atoms. The van der Waals surface area contributed by atoms with Crippen LogP contribution in [0.1, 0.15) is 60.0 Å². The Bertz CT molecular complexity index is 2380. The number of hydrogen-bond donors (Lipinski definition) is 4. The predicted octanol–water partition coefficient (Wildman–Crippen LogP) is 6.24. The van der Waals surface area contributed by atoms with Gasteiger partial charge in [0.05, 0.1) is 30.4 Å². The van der Waals surface area contributed by atoms with E-state index in [1.54, 1.807) is 24.3 Å². The number of rotatable bonds is 13.